The molecule has 0 bridgehead atoms. The van der Waals surface area contributed by atoms with E-state index in [9.17, 15) is 0 Å². The zero-order chi connectivity index (χ0) is 18.9. The molecular formula is C22H36N4O. The molecule has 0 saturated carbocycles. The first-order chi connectivity index (χ1) is 13.2. The summed E-state index contributed by atoms with van der Waals surface area (Å²) in [6, 6.07) is 10.4. The molecule has 27 heavy (non-hydrogen) atoms. The molecule has 150 valence electrons. The van der Waals surface area contributed by atoms with Crippen molar-refractivity contribution in [2.45, 2.75) is 32.3 Å². The number of hydrogen-bond acceptors (Lipinski definition) is 3. The fourth-order valence-corrected chi connectivity index (χ4v) is 4.15. The fraction of sp³-hybridized carbons (Fsp3) is 0.682. The summed E-state index contributed by atoms with van der Waals surface area (Å²) in [6.07, 6.45) is 5.11. The maximum absolute atomic E-state index is 5.94. The molecule has 0 aliphatic carbocycles. The summed E-state index contributed by atoms with van der Waals surface area (Å²) in [4.78, 5) is 9.34. The van der Waals surface area contributed by atoms with Crippen LogP contribution in [0.5, 0.6) is 0 Å². The van der Waals surface area contributed by atoms with Gasteiger partial charge in [-0.05, 0) is 57.3 Å². The minimum Gasteiger partial charge on any atom is -0.376 e. The van der Waals surface area contributed by atoms with Crippen molar-refractivity contribution in [1.29, 1.82) is 0 Å². The van der Waals surface area contributed by atoms with Crippen LogP contribution in [0.4, 0.5) is 0 Å². The van der Waals surface area contributed by atoms with E-state index in [4.69, 9.17) is 4.74 Å². The lowest BCUT2D eigenvalue weighted by molar-refractivity contribution is 0.0906. The average molecular weight is 373 g/mol. The first kappa shape index (κ1) is 20.2. The highest BCUT2D eigenvalue weighted by Crippen LogP contribution is 2.20. The number of ether oxygens (including phenoxy) is 1. The molecule has 2 aliphatic rings. The largest absolute Gasteiger partial charge is 0.376 e. The Morgan fingerprint density at radius 2 is 1.85 bits per heavy atom. The quantitative estimate of drug-likeness (QED) is 0.590. The van der Waals surface area contributed by atoms with Gasteiger partial charge in [-0.1, -0.05) is 30.3 Å². The van der Waals surface area contributed by atoms with Crippen molar-refractivity contribution in [3.05, 3.63) is 35.9 Å². The lowest BCUT2D eigenvalue weighted by atomic mass is 9.94. The molecule has 1 unspecified atom stereocenters. The van der Waals surface area contributed by atoms with Gasteiger partial charge < -0.3 is 19.9 Å². The molecule has 0 radical (unpaired) electrons. The van der Waals surface area contributed by atoms with Crippen LogP contribution in [0, 0.1) is 11.8 Å². The Morgan fingerprint density at radius 1 is 1.11 bits per heavy atom. The first-order valence-electron chi connectivity index (χ1n) is 10.5. The minimum absolute atomic E-state index is 0.598. The molecule has 1 N–H and O–H groups in total. The maximum atomic E-state index is 5.94. The van der Waals surface area contributed by atoms with Gasteiger partial charge >= 0.3 is 0 Å². The number of piperidine rings is 1. The van der Waals surface area contributed by atoms with Gasteiger partial charge in [-0.25, -0.2) is 0 Å². The number of aliphatic imine (C=N–C) groups is 1. The van der Waals surface area contributed by atoms with Crippen molar-refractivity contribution >= 4 is 5.96 Å². The standard InChI is InChI=1S/C22H36N4O/c1-23-22(24-12-8-19-9-13-25(2)14-10-19)26-15-11-21(16-26)18-27-17-20-6-4-3-5-7-20/h3-7,19,21H,8-18H2,1-2H3,(H,23,24). The van der Waals surface area contributed by atoms with Gasteiger partial charge in [0.2, 0.25) is 0 Å². The molecule has 2 fully saturated rings. The van der Waals surface area contributed by atoms with Crippen LogP contribution in [0.25, 0.3) is 0 Å². The van der Waals surface area contributed by atoms with Gasteiger partial charge in [-0.2, -0.15) is 0 Å². The summed E-state index contributed by atoms with van der Waals surface area (Å²) in [6.45, 7) is 7.19. The summed E-state index contributed by atoms with van der Waals surface area (Å²) >= 11 is 0. The number of benzene rings is 1. The van der Waals surface area contributed by atoms with Crippen molar-refractivity contribution in [1.82, 2.24) is 15.1 Å². The minimum atomic E-state index is 0.598. The van der Waals surface area contributed by atoms with E-state index in [1.165, 1.54) is 44.3 Å². The van der Waals surface area contributed by atoms with Crippen molar-refractivity contribution in [3.8, 4) is 0 Å². The normalized spacial score (nSPS) is 22.4. The third-order valence-corrected chi connectivity index (χ3v) is 5.94. The Hall–Kier alpha value is -1.59. The summed E-state index contributed by atoms with van der Waals surface area (Å²) < 4.78 is 5.94. The van der Waals surface area contributed by atoms with E-state index < -0.39 is 0 Å². The highest BCUT2D eigenvalue weighted by atomic mass is 16.5. The molecule has 5 heteroatoms. The third-order valence-electron chi connectivity index (χ3n) is 5.94. The van der Waals surface area contributed by atoms with Crippen LogP contribution in [-0.4, -0.2) is 69.2 Å². The van der Waals surface area contributed by atoms with Crippen LogP contribution in [-0.2, 0) is 11.3 Å². The summed E-state index contributed by atoms with van der Waals surface area (Å²) in [5.41, 5.74) is 1.25. The second-order valence-electron chi connectivity index (χ2n) is 8.11. The lowest BCUT2D eigenvalue weighted by Crippen LogP contribution is -2.41. The second kappa shape index (κ2) is 10.7. The molecule has 5 nitrogen and oxygen atoms in total. The van der Waals surface area contributed by atoms with Gasteiger partial charge in [0.25, 0.3) is 0 Å². The van der Waals surface area contributed by atoms with Gasteiger partial charge in [0.1, 0.15) is 0 Å². The Morgan fingerprint density at radius 3 is 2.59 bits per heavy atom. The van der Waals surface area contributed by atoms with Crippen molar-refractivity contribution < 1.29 is 4.74 Å². The van der Waals surface area contributed by atoms with Crippen LogP contribution >= 0.6 is 0 Å². The summed E-state index contributed by atoms with van der Waals surface area (Å²) in [5, 5.41) is 3.59. The fourth-order valence-electron chi connectivity index (χ4n) is 4.15. The van der Waals surface area contributed by atoms with E-state index >= 15 is 0 Å². The molecule has 0 spiro atoms. The number of likely N-dealkylation sites (tertiary alicyclic amines) is 2. The van der Waals surface area contributed by atoms with E-state index in [1.807, 2.05) is 13.1 Å². The zero-order valence-corrected chi connectivity index (χ0v) is 17.1. The third kappa shape index (κ3) is 6.51. The number of rotatable bonds is 7. The highest BCUT2D eigenvalue weighted by Gasteiger charge is 2.25. The van der Waals surface area contributed by atoms with Crippen molar-refractivity contribution in [2.75, 3.05) is 53.4 Å². The molecule has 2 saturated heterocycles. The van der Waals surface area contributed by atoms with Crippen LogP contribution in [0.3, 0.4) is 0 Å². The Bertz CT molecular complexity index is 569. The van der Waals surface area contributed by atoms with E-state index in [2.05, 4.69) is 51.4 Å². The molecule has 1 atom stereocenters. The van der Waals surface area contributed by atoms with Crippen LogP contribution in [0.1, 0.15) is 31.2 Å². The van der Waals surface area contributed by atoms with E-state index in [1.54, 1.807) is 0 Å². The molecule has 1 aromatic rings. The van der Waals surface area contributed by atoms with Crippen LogP contribution in [0.2, 0.25) is 0 Å². The van der Waals surface area contributed by atoms with Gasteiger partial charge in [-0.3, -0.25) is 4.99 Å². The second-order valence-corrected chi connectivity index (χ2v) is 8.11. The maximum Gasteiger partial charge on any atom is 0.193 e. The van der Waals surface area contributed by atoms with Gasteiger partial charge in [0.05, 0.1) is 13.2 Å². The molecule has 2 aliphatic heterocycles. The number of guanidine groups is 1. The summed E-state index contributed by atoms with van der Waals surface area (Å²) in [5.74, 6) is 2.53. The topological polar surface area (TPSA) is 40.1 Å². The van der Waals surface area contributed by atoms with Crippen molar-refractivity contribution in [3.63, 3.8) is 0 Å². The van der Waals surface area contributed by atoms with Crippen LogP contribution < -0.4 is 5.32 Å². The monoisotopic (exact) mass is 372 g/mol. The average Bonchev–Trinajstić information content (AvgIpc) is 3.16. The zero-order valence-electron chi connectivity index (χ0n) is 17.1. The van der Waals surface area contributed by atoms with Crippen LogP contribution in [0.15, 0.2) is 35.3 Å². The van der Waals surface area contributed by atoms with Gasteiger partial charge in [0.15, 0.2) is 5.96 Å². The SMILES string of the molecule is CN=C(NCCC1CCN(C)CC1)N1CCC(COCc2ccccc2)C1. The Kier molecular flexibility index (Phi) is 7.96. The van der Waals surface area contributed by atoms with Gasteiger partial charge in [0, 0.05) is 32.6 Å². The van der Waals surface area contributed by atoms with Crippen molar-refractivity contribution in [2.24, 2.45) is 16.8 Å². The lowest BCUT2D eigenvalue weighted by Gasteiger charge is -2.29. The predicted molar refractivity (Wildman–Crippen MR) is 112 cm³/mol. The van der Waals surface area contributed by atoms with Gasteiger partial charge in [-0.15, -0.1) is 0 Å². The molecule has 0 amide bonds. The molecule has 0 aromatic heterocycles. The molecule has 2 heterocycles. The molecule has 3 rings (SSSR count). The first-order valence-corrected chi connectivity index (χ1v) is 10.5. The number of nitrogens with one attached hydrogen (secondary N) is 1. The highest BCUT2D eigenvalue weighted by molar-refractivity contribution is 5.80. The predicted octanol–water partition coefficient (Wildman–Crippen LogP) is 2.83. The number of nitrogens with zero attached hydrogens (tertiary/aromatic N) is 3. The summed E-state index contributed by atoms with van der Waals surface area (Å²) in [7, 11) is 4.13. The van der Waals surface area contributed by atoms with E-state index in [-0.39, 0.29) is 0 Å². The van der Waals surface area contributed by atoms with E-state index in [0.717, 1.165) is 38.1 Å². The molecular weight excluding hydrogens is 336 g/mol. The molecule has 1 aromatic carbocycles. The smallest absolute Gasteiger partial charge is 0.193 e. The Balaban J connectivity index is 1.32. The van der Waals surface area contributed by atoms with E-state index in [0.29, 0.717) is 12.5 Å². The Labute approximate surface area is 164 Å². The number of hydrogen-bond donors (Lipinski definition) is 1.